The largest absolute Gasteiger partial charge is 0.490 e. The van der Waals surface area contributed by atoms with Crippen LogP contribution in [0.3, 0.4) is 0 Å². The van der Waals surface area contributed by atoms with E-state index in [-0.39, 0.29) is 12.1 Å². The molecule has 6 nitrogen and oxygen atoms in total. The number of aryl methyl sites for hydroxylation is 4. The number of halogens is 1. The normalized spacial score (nSPS) is 16.9. The van der Waals surface area contributed by atoms with E-state index in [2.05, 4.69) is 67.6 Å². The first-order valence-corrected chi connectivity index (χ1v) is 14.2. The van der Waals surface area contributed by atoms with Crippen molar-refractivity contribution in [3.63, 3.8) is 0 Å². The van der Waals surface area contributed by atoms with Crippen LogP contribution in [0.15, 0.2) is 60.8 Å². The molecule has 0 spiro atoms. The van der Waals surface area contributed by atoms with Crippen LogP contribution in [0.25, 0.3) is 5.69 Å². The van der Waals surface area contributed by atoms with Crippen molar-refractivity contribution in [2.45, 2.75) is 46.7 Å². The van der Waals surface area contributed by atoms with E-state index < -0.39 is 0 Å². The number of thiocarbonyl (C=S) groups is 1. The minimum Gasteiger partial charge on any atom is -0.490 e. The Labute approximate surface area is 246 Å². The first-order chi connectivity index (χ1) is 19.2. The molecule has 1 N–H and O–H groups in total. The van der Waals surface area contributed by atoms with Gasteiger partial charge in [-0.1, -0.05) is 35.4 Å². The lowest BCUT2D eigenvalue weighted by Gasteiger charge is -2.28. The van der Waals surface area contributed by atoms with E-state index in [1.807, 2.05) is 42.6 Å². The van der Waals surface area contributed by atoms with E-state index in [4.69, 9.17) is 38.3 Å². The quantitative estimate of drug-likeness (QED) is 0.176. The zero-order valence-corrected chi connectivity index (χ0v) is 25.4. The van der Waals surface area contributed by atoms with Crippen molar-refractivity contribution in [2.75, 3.05) is 25.2 Å². The van der Waals surface area contributed by atoms with Gasteiger partial charge in [-0.15, -0.1) is 0 Å². The Kier molecular flexibility index (Phi) is 8.17. The summed E-state index contributed by atoms with van der Waals surface area (Å²) >= 11 is 12.7. The van der Waals surface area contributed by atoms with Crippen LogP contribution in [0.4, 0.5) is 5.69 Å². The molecule has 2 aromatic carbocycles. The molecule has 0 aliphatic carbocycles. The van der Waals surface area contributed by atoms with E-state index >= 15 is 0 Å². The first kappa shape index (κ1) is 28.1. The van der Waals surface area contributed by atoms with Gasteiger partial charge in [0.2, 0.25) is 0 Å². The van der Waals surface area contributed by atoms with Crippen LogP contribution in [-0.2, 0) is 4.74 Å². The fourth-order valence-electron chi connectivity index (χ4n) is 5.90. The van der Waals surface area contributed by atoms with Crippen molar-refractivity contribution in [1.29, 1.82) is 0 Å². The molecule has 0 radical (unpaired) electrons. The summed E-state index contributed by atoms with van der Waals surface area (Å²) in [4.78, 5) is 6.87. The molecule has 2 atom stereocenters. The number of benzene rings is 2. The van der Waals surface area contributed by atoms with Crippen LogP contribution in [0.2, 0.25) is 5.02 Å². The summed E-state index contributed by atoms with van der Waals surface area (Å²) in [6.45, 7) is 11.8. The van der Waals surface area contributed by atoms with Crippen molar-refractivity contribution in [1.82, 2.24) is 14.9 Å². The molecular formula is C32H35ClN4O2S. The number of ether oxygens (including phenoxy) is 2. The van der Waals surface area contributed by atoms with Gasteiger partial charge in [0.05, 0.1) is 35.1 Å². The number of pyridine rings is 1. The predicted octanol–water partition coefficient (Wildman–Crippen LogP) is 7.27. The van der Waals surface area contributed by atoms with Gasteiger partial charge in [-0.05, 0) is 99.9 Å². The molecular weight excluding hydrogens is 540 g/mol. The monoisotopic (exact) mass is 574 g/mol. The van der Waals surface area contributed by atoms with E-state index in [9.17, 15) is 0 Å². The number of rotatable bonds is 8. The van der Waals surface area contributed by atoms with Crippen LogP contribution in [0.5, 0.6) is 5.75 Å². The highest BCUT2D eigenvalue weighted by molar-refractivity contribution is 7.80. The number of hydrogen-bond acceptors (Lipinski definition) is 4. The maximum atomic E-state index is 6.70. The molecule has 0 amide bonds. The van der Waals surface area contributed by atoms with Gasteiger partial charge in [-0.25, -0.2) is 0 Å². The number of aromatic nitrogens is 2. The van der Waals surface area contributed by atoms with Gasteiger partial charge in [0.1, 0.15) is 12.4 Å². The second-order valence-corrected chi connectivity index (χ2v) is 11.2. The van der Waals surface area contributed by atoms with Gasteiger partial charge in [0, 0.05) is 30.4 Å². The topological polar surface area (TPSA) is 51.6 Å². The third kappa shape index (κ3) is 5.21. The smallest absolute Gasteiger partial charge is 0.174 e. The zero-order chi connectivity index (χ0) is 28.6. The van der Waals surface area contributed by atoms with Crippen LogP contribution in [-0.4, -0.2) is 35.0 Å². The van der Waals surface area contributed by atoms with E-state index in [0.29, 0.717) is 29.1 Å². The molecule has 1 fully saturated rings. The average molecular weight is 575 g/mol. The molecule has 8 heteroatoms. The average Bonchev–Trinajstić information content (AvgIpc) is 3.40. The Bertz CT molecular complexity index is 1530. The van der Waals surface area contributed by atoms with Crippen LogP contribution >= 0.6 is 23.8 Å². The molecule has 0 bridgehead atoms. The van der Waals surface area contributed by atoms with Crippen molar-refractivity contribution >= 4 is 34.6 Å². The summed E-state index contributed by atoms with van der Waals surface area (Å²) in [6.07, 6.45) is 1.82. The van der Waals surface area contributed by atoms with Crippen LogP contribution in [0, 0.1) is 34.6 Å². The highest BCUT2D eigenvalue weighted by atomic mass is 35.5. The molecule has 1 aliphatic heterocycles. The fourth-order valence-corrected chi connectivity index (χ4v) is 6.47. The Balaban J connectivity index is 1.64. The third-order valence-electron chi connectivity index (χ3n) is 7.48. The highest BCUT2D eigenvalue weighted by Gasteiger charge is 2.42. The van der Waals surface area contributed by atoms with Gasteiger partial charge in [0.15, 0.2) is 5.11 Å². The Morgan fingerprint density at radius 1 is 0.975 bits per heavy atom. The minimum atomic E-state index is -0.153. The number of methoxy groups -OCH3 is 1. The number of anilines is 1. The minimum absolute atomic E-state index is 0.148. The Morgan fingerprint density at radius 3 is 2.38 bits per heavy atom. The summed E-state index contributed by atoms with van der Waals surface area (Å²) in [5.41, 5.74) is 10.3. The van der Waals surface area contributed by atoms with E-state index in [1.54, 1.807) is 7.11 Å². The van der Waals surface area contributed by atoms with Gasteiger partial charge < -0.3 is 24.3 Å². The summed E-state index contributed by atoms with van der Waals surface area (Å²) in [6, 6.07) is 18.3. The van der Waals surface area contributed by atoms with Gasteiger partial charge >= 0.3 is 0 Å². The third-order valence-corrected chi connectivity index (χ3v) is 8.09. The lowest BCUT2D eigenvalue weighted by Crippen LogP contribution is -2.29. The highest BCUT2D eigenvalue weighted by Crippen LogP contribution is 2.45. The number of nitrogens with one attached hydrogen (secondary N) is 1. The molecule has 3 heterocycles. The van der Waals surface area contributed by atoms with Crippen molar-refractivity contribution < 1.29 is 9.47 Å². The van der Waals surface area contributed by atoms with Crippen LogP contribution < -0.4 is 15.0 Å². The zero-order valence-electron chi connectivity index (χ0n) is 23.8. The molecule has 2 unspecified atom stereocenters. The lowest BCUT2D eigenvalue weighted by molar-refractivity contribution is 0.146. The number of hydrogen-bond donors (Lipinski definition) is 1. The SMILES string of the molecule is COCCOc1ccc(N2C(=S)NC(c3ccccn3)C2c2cc(C)n(-c3c(C)cc(C)cc3C)c2C)cc1Cl. The molecule has 208 valence electrons. The summed E-state index contributed by atoms with van der Waals surface area (Å²) < 4.78 is 13.3. The van der Waals surface area contributed by atoms with Gasteiger partial charge in [-0.3, -0.25) is 4.98 Å². The molecule has 1 aliphatic rings. The molecule has 5 rings (SSSR count). The van der Waals surface area contributed by atoms with E-state index in [1.165, 1.54) is 39.3 Å². The maximum absolute atomic E-state index is 6.70. The second kappa shape index (κ2) is 11.6. The van der Waals surface area contributed by atoms with Crippen LogP contribution in [0.1, 0.15) is 51.4 Å². The Morgan fingerprint density at radius 2 is 1.73 bits per heavy atom. The lowest BCUT2D eigenvalue weighted by atomic mass is 9.96. The summed E-state index contributed by atoms with van der Waals surface area (Å²) in [7, 11) is 1.64. The second-order valence-electron chi connectivity index (χ2n) is 10.4. The summed E-state index contributed by atoms with van der Waals surface area (Å²) in [5.74, 6) is 0.613. The van der Waals surface area contributed by atoms with Crippen molar-refractivity contribution in [3.05, 3.63) is 105 Å². The predicted molar refractivity (Wildman–Crippen MR) is 166 cm³/mol. The standard InChI is InChI=1S/C32H35ClN4O2S/c1-19-15-20(2)30(21(3)16-19)36-22(4)17-25(23(36)5)31-29(27-9-7-8-12-34-27)35-32(40)37(31)24-10-11-28(26(33)18-24)39-14-13-38-6/h7-12,15-18,29,31H,13-14H2,1-6H3,(H,35,40). The number of nitrogens with zero attached hydrogens (tertiary/aromatic N) is 3. The molecule has 0 saturated carbocycles. The van der Waals surface area contributed by atoms with Gasteiger partial charge in [0.25, 0.3) is 0 Å². The molecule has 2 aromatic heterocycles. The van der Waals surface area contributed by atoms with E-state index in [0.717, 1.165) is 11.4 Å². The fraction of sp³-hybridized carbons (Fsp3) is 0.312. The first-order valence-electron chi connectivity index (χ1n) is 13.4. The molecule has 40 heavy (non-hydrogen) atoms. The van der Waals surface area contributed by atoms with Crippen molar-refractivity contribution in [2.24, 2.45) is 0 Å². The van der Waals surface area contributed by atoms with Gasteiger partial charge in [-0.2, -0.15) is 0 Å². The molecule has 1 saturated heterocycles. The summed E-state index contributed by atoms with van der Waals surface area (Å²) in [5, 5.41) is 4.71. The maximum Gasteiger partial charge on any atom is 0.174 e. The Hall–Kier alpha value is -3.39. The van der Waals surface area contributed by atoms with Crippen molar-refractivity contribution in [3.8, 4) is 11.4 Å². The molecule has 4 aromatic rings.